The number of carbonyl (C=O) groups excluding carboxylic acids is 1. The second-order valence-electron chi connectivity index (χ2n) is 7.19. The molecule has 0 bridgehead atoms. The first-order chi connectivity index (χ1) is 15.6. The van der Waals surface area contributed by atoms with Crippen LogP contribution in [0.15, 0.2) is 41.3 Å². The van der Waals surface area contributed by atoms with Gasteiger partial charge in [0.05, 0.1) is 30.2 Å². The van der Waals surface area contributed by atoms with Crippen molar-refractivity contribution in [2.24, 2.45) is 0 Å². The third-order valence-corrected chi connectivity index (χ3v) is 7.07. The molecular weight excluding hydrogens is 456 g/mol. The van der Waals surface area contributed by atoms with Crippen LogP contribution < -0.4 is 14.8 Å². The Labute approximate surface area is 189 Å². The predicted molar refractivity (Wildman–Crippen MR) is 115 cm³/mol. The first-order valence-corrected chi connectivity index (χ1v) is 11.2. The van der Waals surface area contributed by atoms with Gasteiger partial charge >= 0.3 is 11.9 Å². The van der Waals surface area contributed by atoms with E-state index in [1.54, 1.807) is 0 Å². The van der Waals surface area contributed by atoms with E-state index < -0.39 is 33.9 Å². The summed E-state index contributed by atoms with van der Waals surface area (Å²) >= 11 is 0. The smallest absolute Gasteiger partial charge is 0.335 e. The van der Waals surface area contributed by atoms with Gasteiger partial charge in [-0.2, -0.15) is 4.31 Å². The number of ether oxygens (including phenoxy) is 2. The lowest BCUT2D eigenvalue weighted by molar-refractivity contribution is -0.119. The Bertz CT molecular complexity index is 1180. The molecule has 11 nitrogen and oxygen atoms in total. The predicted octanol–water partition coefficient (Wildman–Crippen LogP) is 1.89. The Morgan fingerprint density at radius 3 is 2.12 bits per heavy atom. The molecule has 0 spiro atoms. The van der Waals surface area contributed by atoms with Gasteiger partial charge in [0.1, 0.15) is 6.04 Å². The molecule has 12 heteroatoms. The molecule has 1 fully saturated rings. The number of nitrogens with zero attached hydrogens (tertiary/aromatic N) is 1. The number of carboxylic acids is 2. The van der Waals surface area contributed by atoms with Crippen LogP contribution in [0.3, 0.4) is 0 Å². The molecule has 0 saturated carbocycles. The van der Waals surface area contributed by atoms with E-state index in [1.807, 2.05) is 0 Å². The van der Waals surface area contributed by atoms with Crippen LogP contribution in [-0.4, -0.2) is 67.6 Å². The second kappa shape index (κ2) is 9.46. The average molecular weight is 478 g/mol. The van der Waals surface area contributed by atoms with Gasteiger partial charge in [0, 0.05) is 18.3 Å². The van der Waals surface area contributed by atoms with Gasteiger partial charge in [-0.3, -0.25) is 4.79 Å². The third-order valence-electron chi connectivity index (χ3n) is 5.16. The summed E-state index contributed by atoms with van der Waals surface area (Å²) in [5, 5.41) is 20.9. The SMILES string of the molecule is COc1ccc(S(=O)(=O)N2CCCC2C(=O)Nc2cc(C(=O)O)cc(C(=O)O)c2)cc1OC. The Kier molecular flexibility index (Phi) is 6.89. The molecule has 3 N–H and O–H groups in total. The molecule has 3 rings (SSSR count). The molecule has 2 aromatic carbocycles. The van der Waals surface area contributed by atoms with Crippen LogP contribution in [0.2, 0.25) is 0 Å². The number of carboxylic acid groups (broad SMARTS) is 2. The van der Waals surface area contributed by atoms with E-state index in [0.29, 0.717) is 12.2 Å². The monoisotopic (exact) mass is 478 g/mol. The van der Waals surface area contributed by atoms with Gasteiger partial charge in [-0.05, 0) is 43.2 Å². The van der Waals surface area contributed by atoms with E-state index in [0.717, 1.165) is 22.5 Å². The van der Waals surface area contributed by atoms with E-state index in [-0.39, 0.29) is 40.4 Å². The maximum Gasteiger partial charge on any atom is 0.335 e. The zero-order valence-electron chi connectivity index (χ0n) is 17.8. The Hall–Kier alpha value is -3.64. The van der Waals surface area contributed by atoms with Crippen LogP contribution in [-0.2, 0) is 14.8 Å². The van der Waals surface area contributed by atoms with Crippen LogP contribution in [0.5, 0.6) is 11.5 Å². The van der Waals surface area contributed by atoms with Gasteiger partial charge in [-0.1, -0.05) is 0 Å². The minimum atomic E-state index is -4.08. The van der Waals surface area contributed by atoms with Gasteiger partial charge in [0.2, 0.25) is 15.9 Å². The lowest BCUT2D eigenvalue weighted by Gasteiger charge is -2.24. The summed E-state index contributed by atoms with van der Waals surface area (Å²) in [6.45, 7) is 0.101. The summed E-state index contributed by atoms with van der Waals surface area (Å²) in [6, 6.07) is 6.20. The van der Waals surface area contributed by atoms with Crippen molar-refractivity contribution in [2.45, 2.75) is 23.8 Å². The molecule has 1 atom stereocenters. The highest BCUT2D eigenvalue weighted by Gasteiger charge is 2.40. The molecule has 1 saturated heterocycles. The van der Waals surface area contributed by atoms with Crippen LogP contribution in [0.4, 0.5) is 5.69 Å². The van der Waals surface area contributed by atoms with Crippen molar-refractivity contribution >= 4 is 33.6 Å². The number of aromatic carboxylic acids is 2. The van der Waals surface area contributed by atoms with Crippen LogP contribution in [0.25, 0.3) is 0 Å². The highest BCUT2D eigenvalue weighted by atomic mass is 32.2. The van der Waals surface area contributed by atoms with Gasteiger partial charge in [0.25, 0.3) is 0 Å². The molecule has 176 valence electrons. The molecular formula is C21H22N2O9S. The molecule has 2 aromatic rings. The van der Waals surface area contributed by atoms with Crippen molar-refractivity contribution in [1.82, 2.24) is 4.31 Å². The van der Waals surface area contributed by atoms with Crippen LogP contribution >= 0.6 is 0 Å². The summed E-state index contributed by atoms with van der Waals surface area (Å²) in [7, 11) is -1.29. The number of methoxy groups -OCH3 is 2. The number of hydrogen-bond acceptors (Lipinski definition) is 7. The first-order valence-electron chi connectivity index (χ1n) is 9.75. The molecule has 0 aromatic heterocycles. The number of benzene rings is 2. The Morgan fingerprint density at radius 2 is 1.58 bits per heavy atom. The maximum absolute atomic E-state index is 13.3. The normalized spacial score (nSPS) is 16.2. The quantitative estimate of drug-likeness (QED) is 0.515. The number of hydrogen-bond donors (Lipinski definition) is 3. The fraction of sp³-hybridized carbons (Fsp3) is 0.286. The number of rotatable bonds is 8. The molecule has 33 heavy (non-hydrogen) atoms. The fourth-order valence-corrected chi connectivity index (χ4v) is 5.25. The van der Waals surface area contributed by atoms with E-state index in [2.05, 4.69) is 5.32 Å². The number of sulfonamides is 1. The number of nitrogens with one attached hydrogen (secondary N) is 1. The van der Waals surface area contributed by atoms with E-state index in [4.69, 9.17) is 9.47 Å². The molecule has 1 aliphatic heterocycles. The standard InChI is InChI=1S/C21H22N2O9S/c1-31-17-6-5-15(11-18(17)32-2)33(29,30)23-7-3-4-16(23)19(24)22-14-9-12(20(25)26)8-13(10-14)21(27)28/h5-6,8-11,16H,3-4,7H2,1-2H3,(H,22,24)(H,25,26)(H,27,28). The summed E-state index contributed by atoms with van der Waals surface area (Å²) in [6.07, 6.45) is 0.670. The summed E-state index contributed by atoms with van der Waals surface area (Å²) in [5.41, 5.74) is -0.717. The number of anilines is 1. The van der Waals surface area contributed by atoms with Crippen molar-refractivity contribution < 1.29 is 42.5 Å². The molecule has 0 radical (unpaired) electrons. The maximum atomic E-state index is 13.3. The summed E-state index contributed by atoms with van der Waals surface area (Å²) < 4.78 is 37.9. The van der Waals surface area contributed by atoms with E-state index >= 15 is 0 Å². The van der Waals surface area contributed by atoms with Crippen molar-refractivity contribution in [3.63, 3.8) is 0 Å². The highest BCUT2D eigenvalue weighted by Crippen LogP contribution is 2.33. The van der Waals surface area contributed by atoms with Gasteiger partial charge < -0.3 is 25.0 Å². The van der Waals surface area contributed by atoms with Crippen molar-refractivity contribution in [2.75, 3.05) is 26.1 Å². The highest BCUT2D eigenvalue weighted by molar-refractivity contribution is 7.89. The Balaban J connectivity index is 1.89. The minimum absolute atomic E-state index is 0.0623. The van der Waals surface area contributed by atoms with Gasteiger partial charge in [-0.25, -0.2) is 18.0 Å². The molecule has 1 amide bonds. The zero-order chi connectivity index (χ0) is 24.3. The largest absolute Gasteiger partial charge is 0.493 e. The topological polar surface area (TPSA) is 160 Å². The zero-order valence-corrected chi connectivity index (χ0v) is 18.6. The van der Waals surface area contributed by atoms with E-state index in [1.165, 1.54) is 32.4 Å². The van der Waals surface area contributed by atoms with Crippen molar-refractivity contribution in [3.05, 3.63) is 47.5 Å². The van der Waals surface area contributed by atoms with Gasteiger partial charge in [-0.15, -0.1) is 0 Å². The van der Waals surface area contributed by atoms with Crippen LogP contribution in [0, 0.1) is 0 Å². The average Bonchev–Trinajstić information content (AvgIpc) is 3.29. The molecule has 1 heterocycles. The number of amides is 1. The van der Waals surface area contributed by atoms with E-state index in [9.17, 15) is 33.0 Å². The third kappa shape index (κ3) is 4.91. The summed E-state index contributed by atoms with van der Waals surface area (Å²) in [4.78, 5) is 35.4. The molecule has 1 aliphatic rings. The van der Waals surface area contributed by atoms with Gasteiger partial charge in [0.15, 0.2) is 11.5 Å². The minimum Gasteiger partial charge on any atom is -0.493 e. The second-order valence-corrected chi connectivity index (χ2v) is 9.08. The van der Waals surface area contributed by atoms with Crippen molar-refractivity contribution in [1.29, 1.82) is 0 Å². The first kappa shape index (κ1) is 24.0. The Morgan fingerprint density at radius 1 is 0.970 bits per heavy atom. The van der Waals surface area contributed by atoms with Crippen LogP contribution in [0.1, 0.15) is 33.6 Å². The fourth-order valence-electron chi connectivity index (χ4n) is 3.57. The lowest BCUT2D eigenvalue weighted by atomic mass is 10.1. The summed E-state index contributed by atoms with van der Waals surface area (Å²) in [5.74, 6) is -2.88. The van der Waals surface area contributed by atoms with Crippen molar-refractivity contribution in [3.8, 4) is 11.5 Å². The number of carbonyl (C=O) groups is 3. The lowest BCUT2D eigenvalue weighted by Crippen LogP contribution is -2.43. The molecule has 1 unspecified atom stereocenters. The molecule has 0 aliphatic carbocycles.